The van der Waals surface area contributed by atoms with Gasteiger partial charge in [0.25, 0.3) is 0 Å². The number of rotatable bonds is 7. The van der Waals surface area contributed by atoms with Gasteiger partial charge in [-0.25, -0.2) is 0 Å². The predicted molar refractivity (Wildman–Crippen MR) is 78.2 cm³/mol. The third-order valence-corrected chi connectivity index (χ3v) is 3.08. The highest BCUT2D eigenvalue weighted by molar-refractivity contribution is 5.81. The fourth-order valence-electron chi connectivity index (χ4n) is 2.03. The van der Waals surface area contributed by atoms with Crippen molar-refractivity contribution in [1.29, 1.82) is 0 Å². The molecule has 0 bridgehead atoms. The fraction of sp³-hybridized carbons (Fsp3) is 0.438. The number of ether oxygens (including phenoxy) is 1. The van der Waals surface area contributed by atoms with Crippen LogP contribution in [0.5, 0.6) is 0 Å². The van der Waals surface area contributed by atoms with Crippen molar-refractivity contribution >= 4 is 5.91 Å². The number of hydrogen-bond donors (Lipinski definition) is 1. The Labute approximate surface area is 128 Å². The molecule has 3 nitrogen and oxygen atoms in total. The number of amides is 1. The third-order valence-electron chi connectivity index (χ3n) is 3.08. The Morgan fingerprint density at radius 3 is 2.41 bits per heavy atom. The van der Waals surface area contributed by atoms with Crippen LogP contribution in [-0.4, -0.2) is 24.2 Å². The van der Waals surface area contributed by atoms with E-state index in [-0.39, 0.29) is 6.10 Å². The van der Waals surface area contributed by atoms with Crippen molar-refractivity contribution in [1.82, 2.24) is 5.32 Å². The SMILES string of the molecule is C=CC[C@@H](C)O[C@H](c1ccccc1)[C@@H](C)NC(=O)C(F)(F)F. The number of benzene rings is 1. The first-order valence-electron chi connectivity index (χ1n) is 6.94. The minimum atomic E-state index is -4.91. The van der Waals surface area contributed by atoms with Gasteiger partial charge in [0.1, 0.15) is 6.10 Å². The van der Waals surface area contributed by atoms with Gasteiger partial charge in [0.05, 0.1) is 12.1 Å². The normalized spacial score (nSPS) is 15.7. The lowest BCUT2D eigenvalue weighted by atomic mass is 10.0. The minimum absolute atomic E-state index is 0.229. The highest BCUT2D eigenvalue weighted by atomic mass is 19.4. The van der Waals surface area contributed by atoms with Crippen LogP contribution in [0.25, 0.3) is 0 Å². The zero-order chi connectivity index (χ0) is 16.8. The topological polar surface area (TPSA) is 38.3 Å². The van der Waals surface area contributed by atoms with Crippen molar-refractivity contribution in [2.75, 3.05) is 0 Å². The molecule has 0 spiro atoms. The van der Waals surface area contributed by atoms with E-state index < -0.39 is 24.2 Å². The highest BCUT2D eigenvalue weighted by Gasteiger charge is 2.40. The van der Waals surface area contributed by atoms with Gasteiger partial charge in [0.15, 0.2) is 0 Å². The average Bonchev–Trinajstić information content (AvgIpc) is 2.44. The molecule has 6 heteroatoms. The Bertz CT molecular complexity index is 488. The van der Waals surface area contributed by atoms with Gasteiger partial charge in [-0.05, 0) is 25.8 Å². The summed E-state index contributed by atoms with van der Waals surface area (Å²) in [6.45, 7) is 6.90. The lowest BCUT2D eigenvalue weighted by molar-refractivity contribution is -0.175. The molecule has 0 aliphatic rings. The molecule has 0 radical (unpaired) electrons. The zero-order valence-corrected chi connectivity index (χ0v) is 12.6. The Kier molecular flexibility index (Phi) is 6.61. The number of carbonyl (C=O) groups is 1. The molecule has 0 saturated heterocycles. The monoisotopic (exact) mass is 315 g/mol. The Morgan fingerprint density at radius 1 is 1.32 bits per heavy atom. The van der Waals surface area contributed by atoms with E-state index in [4.69, 9.17) is 4.74 Å². The Hall–Kier alpha value is -1.82. The number of nitrogens with one attached hydrogen (secondary N) is 1. The lowest BCUT2D eigenvalue weighted by Gasteiger charge is -2.28. The van der Waals surface area contributed by atoms with E-state index in [0.717, 1.165) is 0 Å². The first-order chi connectivity index (χ1) is 10.3. The summed E-state index contributed by atoms with van der Waals surface area (Å²) in [5, 5.41) is 1.95. The number of hydrogen-bond acceptors (Lipinski definition) is 2. The van der Waals surface area contributed by atoms with E-state index in [1.54, 1.807) is 43.3 Å². The van der Waals surface area contributed by atoms with Gasteiger partial charge in [0, 0.05) is 0 Å². The standard InChI is InChI=1S/C16H20F3NO2/c1-4-8-11(2)22-14(13-9-6-5-7-10-13)12(3)20-15(21)16(17,18)19/h4-7,9-12,14H,1,8H2,2-3H3,(H,20,21)/t11-,12-,14+/m1/s1. The van der Waals surface area contributed by atoms with E-state index in [0.29, 0.717) is 12.0 Å². The Balaban J connectivity index is 2.89. The van der Waals surface area contributed by atoms with Gasteiger partial charge in [-0.15, -0.1) is 6.58 Å². The van der Waals surface area contributed by atoms with Gasteiger partial charge in [-0.1, -0.05) is 36.4 Å². The summed E-state index contributed by atoms with van der Waals surface area (Å²) in [5.74, 6) is -1.97. The van der Waals surface area contributed by atoms with Gasteiger partial charge >= 0.3 is 12.1 Å². The molecule has 1 rings (SSSR count). The summed E-state index contributed by atoms with van der Waals surface area (Å²) in [6, 6.07) is 8.00. The molecule has 0 aliphatic carbocycles. The van der Waals surface area contributed by atoms with E-state index in [9.17, 15) is 18.0 Å². The number of carbonyl (C=O) groups excluding carboxylic acids is 1. The van der Waals surface area contributed by atoms with Crippen LogP contribution >= 0.6 is 0 Å². The molecule has 0 saturated carbocycles. The summed E-state index contributed by atoms with van der Waals surface area (Å²) in [7, 11) is 0. The van der Waals surface area contributed by atoms with Crippen molar-refractivity contribution < 1.29 is 22.7 Å². The van der Waals surface area contributed by atoms with Crippen molar-refractivity contribution in [2.45, 2.75) is 44.7 Å². The maximum absolute atomic E-state index is 12.4. The minimum Gasteiger partial charge on any atom is -0.368 e. The molecule has 1 amide bonds. The molecule has 0 fully saturated rings. The Morgan fingerprint density at radius 2 is 1.91 bits per heavy atom. The van der Waals surface area contributed by atoms with Gasteiger partial charge < -0.3 is 10.1 Å². The van der Waals surface area contributed by atoms with Crippen molar-refractivity contribution in [3.63, 3.8) is 0 Å². The highest BCUT2D eigenvalue weighted by Crippen LogP contribution is 2.25. The van der Waals surface area contributed by atoms with Crippen molar-refractivity contribution in [3.05, 3.63) is 48.6 Å². The fourth-order valence-corrected chi connectivity index (χ4v) is 2.03. The molecule has 0 aliphatic heterocycles. The second-order valence-electron chi connectivity index (χ2n) is 5.06. The number of halogens is 3. The van der Waals surface area contributed by atoms with Gasteiger partial charge in [-0.2, -0.15) is 13.2 Å². The van der Waals surface area contributed by atoms with Crippen LogP contribution in [0.1, 0.15) is 31.9 Å². The predicted octanol–water partition coefficient (Wildman–Crippen LogP) is 3.78. The average molecular weight is 315 g/mol. The second kappa shape index (κ2) is 7.98. The van der Waals surface area contributed by atoms with Crippen LogP contribution < -0.4 is 5.32 Å². The molecular weight excluding hydrogens is 295 g/mol. The second-order valence-corrected chi connectivity index (χ2v) is 5.06. The molecule has 3 atom stereocenters. The molecule has 0 aromatic heterocycles. The molecule has 1 aromatic rings. The largest absolute Gasteiger partial charge is 0.471 e. The molecule has 0 heterocycles. The molecule has 1 aromatic carbocycles. The quantitative estimate of drug-likeness (QED) is 0.778. The summed E-state index contributed by atoms with van der Waals surface area (Å²) in [4.78, 5) is 11.1. The van der Waals surface area contributed by atoms with E-state index in [1.165, 1.54) is 6.92 Å². The van der Waals surface area contributed by atoms with E-state index in [2.05, 4.69) is 6.58 Å². The third kappa shape index (κ3) is 5.52. The summed E-state index contributed by atoms with van der Waals surface area (Å²) in [5.41, 5.74) is 0.702. The van der Waals surface area contributed by atoms with Crippen molar-refractivity contribution in [3.8, 4) is 0 Å². The maximum atomic E-state index is 12.4. The zero-order valence-electron chi connectivity index (χ0n) is 12.6. The number of alkyl halides is 3. The van der Waals surface area contributed by atoms with Gasteiger partial charge in [0.2, 0.25) is 0 Å². The molecule has 122 valence electrons. The molecule has 0 unspecified atom stereocenters. The van der Waals surface area contributed by atoms with Crippen LogP contribution in [0.3, 0.4) is 0 Å². The first-order valence-corrected chi connectivity index (χ1v) is 6.94. The summed E-state index contributed by atoms with van der Waals surface area (Å²) in [6.07, 6.45) is -3.59. The molecular formula is C16H20F3NO2. The summed E-state index contributed by atoms with van der Waals surface area (Å²) < 4.78 is 43.0. The smallest absolute Gasteiger partial charge is 0.368 e. The van der Waals surface area contributed by atoms with E-state index in [1.807, 2.05) is 5.32 Å². The van der Waals surface area contributed by atoms with Crippen LogP contribution in [0.15, 0.2) is 43.0 Å². The van der Waals surface area contributed by atoms with E-state index >= 15 is 0 Å². The molecule has 22 heavy (non-hydrogen) atoms. The molecule has 1 N–H and O–H groups in total. The lowest BCUT2D eigenvalue weighted by Crippen LogP contribution is -2.45. The van der Waals surface area contributed by atoms with Crippen LogP contribution in [0, 0.1) is 0 Å². The van der Waals surface area contributed by atoms with Crippen LogP contribution in [-0.2, 0) is 9.53 Å². The summed E-state index contributed by atoms with van der Waals surface area (Å²) >= 11 is 0. The first kappa shape index (κ1) is 18.2. The maximum Gasteiger partial charge on any atom is 0.471 e. The van der Waals surface area contributed by atoms with Crippen LogP contribution in [0.4, 0.5) is 13.2 Å². The van der Waals surface area contributed by atoms with Crippen molar-refractivity contribution in [2.24, 2.45) is 0 Å². The van der Waals surface area contributed by atoms with Crippen LogP contribution in [0.2, 0.25) is 0 Å². The van der Waals surface area contributed by atoms with Gasteiger partial charge in [-0.3, -0.25) is 4.79 Å².